The Morgan fingerprint density at radius 1 is 0.557 bits per heavy atom. The molecule has 2 aromatic heterocycles. The molecule has 4 aromatic carbocycles. The SMILES string of the molecule is CCOC(=O)C[C@H](NC(=O)C(CC(C)C)n1cc(CCN2CC[C@@H](F)C2)c(C)cc1=O)c1cc(-c2c(C)cc(F)cc2C)cc(C)c1F.Cc1cc(=O)n(C(CC(C)C)C(=O)N[C@@H](CC(=O)O)c2cc(-c3c(C)cc(F)cc3C)cc(C)c2F)cc1CCN1CC[C@@H](F)C1.[Li+].[O-]O. The van der Waals surface area contributed by atoms with Gasteiger partial charge in [-0.15, -0.1) is 0 Å². The maximum absolute atomic E-state index is 16.0. The zero-order valence-corrected chi connectivity index (χ0v) is 58.4. The molecule has 0 aliphatic carbocycles. The summed E-state index contributed by atoms with van der Waals surface area (Å²) in [6.07, 6.45) is 3.51. The fraction of sp³-hybridized carbons (Fsp3) is 0.486. The summed E-state index contributed by atoms with van der Waals surface area (Å²) in [5.41, 5.74) is 8.39. The quantitative estimate of drug-likeness (QED) is 0.0139. The Morgan fingerprint density at radius 2 is 0.918 bits per heavy atom. The van der Waals surface area contributed by atoms with Crippen LogP contribution in [0.25, 0.3) is 22.3 Å². The Bertz CT molecular complexity index is 3830. The molecule has 6 aromatic rings. The summed E-state index contributed by atoms with van der Waals surface area (Å²) >= 11 is 0. The molecule has 2 saturated heterocycles. The van der Waals surface area contributed by atoms with E-state index in [2.05, 4.69) is 15.5 Å². The van der Waals surface area contributed by atoms with E-state index in [1.54, 1.807) is 79.1 Å². The van der Waals surface area contributed by atoms with Gasteiger partial charge in [-0.2, -0.15) is 0 Å². The summed E-state index contributed by atoms with van der Waals surface area (Å²) in [6.45, 7) is 26.7. The fourth-order valence-corrected chi connectivity index (χ4v) is 13.2. The van der Waals surface area contributed by atoms with Gasteiger partial charge in [0.2, 0.25) is 11.8 Å². The molecule has 16 nitrogen and oxygen atoms in total. The van der Waals surface area contributed by atoms with E-state index in [1.807, 2.05) is 46.4 Å². The van der Waals surface area contributed by atoms with Crippen molar-refractivity contribution in [2.45, 2.75) is 178 Å². The predicted molar refractivity (Wildman–Crippen MR) is 357 cm³/mol. The number of hydrogen-bond donors (Lipinski definition) is 4. The first-order chi connectivity index (χ1) is 45.3. The summed E-state index contributed by atoms with van der Waals surface area (Å²) in [5.74, 6) is -5.01. The second-order valence-corrected chi connectivity index (χ2v) is 26.6. The topological polar surface area (TPSA) is 216 Å². The van der Waals surface area contributed by atoms with E-state index in [4.69, 9.17) is 15.3 Å². The molecule has 8 rings (SSSR count). The number of esters is 1. The maximum Gasteiger partial charge on any atom is 1.00 e. The van der Waals surface area contributed by atoms with E-state index in [-0.39, 0.29) is 83.8 Å². The molecule has 0 radical (unpaired) electrons. The number of nitrogens with zero attached hydrogens (tertiary/aromatic N) is 4. The molecular weight excluding hydrogens is 1250 g/mol. The molecule has 4 heterocycles. The number of aromatic nitrogens is 2. The van der Waals surface area contributed by atoms with E-state index in [0.29, 0.717) is 116 Å². The van der Waals surface area contributed by atoms with Crippen LogP contribution in [0.4, 0.5) is 26.3 Å². The summed E-state index contributed by atoms with van der Waals surface area (Å²) in [4.78, 5) is 83.9. The van der Waals surface area contributed by atoms with Gasteiger partial charge in [0.1, 0.15) is 47.7 Å². The van der Waals surface area contributed by atoms with Crippen LogP contribution in [0, 0.1) is 90.5 Å². The van der Waals surface area contributed by atoms with Crippen molar-refractivity contribution in [2.24, 2.45) is 11.8 Å². The molecular formula is C74H93F6LiN6O10. The summed E-state index contributed by atoms with van der Waals surface area (Å²) in [5, 5.41) is 28.5. The Morgan fingerprint density at radius 3 is 1.24 bits per heavy atom. The molecule has 2 amide bonds. The van der Waals surface area contributed by atoms with Crippen molar-refractivity contribution in [3.8, 4) is 22.3 Å². The van der Waals surface area contributed by atoms with Crippen LogP contribution in [0.5, 0.6) is 0 Å². The predicted octanol–water partition coefficient (Wildman–Crippen LogP) is 9.37. The number of rotatable bonds is 25. The van der Waals surface area contributed by atoms with Gasteiger partial charge in [0.15, 0.2) is 0 Å². The number of carbonyl (C=O) groups is 4. The number of ether oxygens (including phenoxy) is 1. The summed E-state index contributed by atoms with van der Waals surface area (Å²) in [7, 11) is 0. The van der Waals surface area contributed by atoms with Crippen molar-refractivity contribution in [1.82, 2.24) is 29.6 Å². The zero-order valence-electron chi connectivity index (χ0n) is 58.4. The van der Waals surface area contributed by atoms with Crippen LogP contribution in [-0.2, 0) is 36.8 Å². The molecule has 4 N–H and O–H groups in total. The number of aliphatic carboxylic acids is 1. The first-order valence-electron chi connectivity index (χ1n) is 32.8. The van der Waals surface area contributed by atoms with Gasteiger partial charge in [-0.1, -0.05) is 27.7 Å². The van der Waals surface area contributed by atoms with Crippen molar-refractivity contribution in [1.29, 1.82) is 0 Å². The number of pyridine rings is 2. The van der Waals surface area contributed by atoms with Crippen molar-refractivity contribution in [3.63, 3.8) is 0 Å². The van der Waals surface area contributed by atoms with Gasteiger partial charge in [0, 0.05) is 74.9 Å². The first kappa shape index (κ1) is 80.4. The molecule has 23 heteroatoms. The minimum Gasteiger partial charge on any atom is -0.727 e. The molecule has 2 aliphatic heterocycles. The number of benzene rings is 4. The van der Waals surface area contributed by atoms with E-state index in [1.165, 1.54) is 51.6 Å². The third-order valence-electron chi connectivity index (χ3n) is 17.9. The second kappa shape index (κ2) is 36.5. The second-order valence-electron chi connectivity index (χ2n) is 26.6. The molecule has 0 saturated carbocycles. The number of carboxylic acids is 1. The number of carboxylic acid groups (broad SMARTS) is 1. The van der Waals surface area contributed by atoms with Gasteiger partial charge < -0.3 is 49.9 Å². The first-order valence-corrected chi connectivity index (χ1v) is 32.8. The fourth-order valence-electron chi connectivity index (χ4n) is 13.2. The minimum absolute atomic E-state index is 0. The van der Waals surface area contributed by atoms with Gasteiger partial charge in [-0.25, -0.2) is 26.3 Å². The Hall–Kier alpha value is -7.32. The van der Waals surface area contributed by atoms with Gasteiger partial charge >= 0.3 is 30.8 Å². The third-order valence-corrected chi connectivity index (χ3v) is 17.9. The van der Waals surface area contributed by atoms with Crippen molar-refractivity contribution < 1.29 is 84.7 Å². The average molecular weight is 1350 g/mol. The zero-order chi connectivity index (χ0) is 71.2. The molecule has 2 unspecified atom stereocenters. The Labute approximate surface area is 576 Å². The van der Waals surface area contributed by atoms with Crippen LogP contribution >= 0.6 is 0 Å². The van der Waals surface area contributed by atoms with Crippen LogP contribution in [0.15, 0.2) is 82.6 Å². The van der Waals surface area contributed by atoms with E-state index in [9.17, 15) is 51.4 Å². The maximum atomic E-state index is 16.0. The number of carbonyl (C=O) groups excluding carboxylic acids is 3. The molecule has 97 heavy (non-hydrogen) atoms. The average Bonchev–Trinajstić information content (AvgIpc) is 1.32. The number of alkyl halides is 2. The molecule has 2 fully saturated rings. The smallest absolute Gasteiger partial charge is 0.727 e. The third kappa shape index (κ3) is 21.6. The largest absolute Gasteiger partial charge is 1.00 e. The summed E-state index contributed by atoms with van der Waals surface area (Å²) < 4.78 is 95.4. The van der Waals surface area contributed by atoms with Crippen LogP contribution in [-0.4, -0.2) is 111 Å². The number of halogens is 6. The minimum atomic E-state index is -1.25. The van der Waals surface area contributed by atoms with Crippen LogP contribution < -0.4 is 45.9 Å². The normalized spacial score (nSPS) is 15.9. The van der Waals surface area contributed by atoms with Crippen LogP contribution in [0.2, 0.25) is 0 Å². The standard InChI is InChI=1S/C38H48F3N3O4.C36H44F3N3O4.Li.H2O2/c1-8-48-35(46)19-32(31-18-28(14-26(7)37(31)41)36-24(5)15-30(40)16-25(36)6)42-38(47)33(13-22(2)3)44-20-27(23(4)17-34(44)45)9-11-43-12-10-29(39)21-43;1-20(2)11-31(42-18-25(21(3)15-32(42)43)7-9-41-10-8-27(37)19-41)36(46)40-30(17-33(44)45)29-16-26(12-24(6)35(29)39)34-22(4)13-28(38)14-23(34)5;;1-2/h14-18,20,22,29,32-33H,8-13,19,21H2,1-7H3,(H,42,47);12-16,18,20,27,30-31H,7-11,17,19H2,1-6H3,(H,40,46)(H,44,45);;1-2H/q;;+1;/p-1/t29-,32+,33?;27-,30+,31?;;/m11../s1. The van der Waals surface area contributed by atoms with E-state index >= 15 is 8.78 Å². The molecule has 0 bridgehead atoms. The number of hydrogen-bond acceptors (Lipinski definition) is 11. The van der Waals surface area contributed by atoms with Gasteiger partial charge in [-0.3, -0.25) is 28.8 Å². The summed E-state index contributed by atoms with van der Waals surface area (Å²) in [6, 6.07) is 10.7. The molecule has 0 spiro atoms. The van der Waals surface area contributed by atoms with E-state index in [0.717, 1.165) is 27.8 Å². The number of likely N-dealkylation sites (tertiary alicyclic amines) is 2. The molecule has 522 valence electrons. The number of nitrogens with one attached hydrogen (secondary N) is 2. The van der Waals surface area contributed by atoms with Crippen LogP contribution in [0.1, 0.15) is 164 Å². The van der Waals surface area contributed by atoms with Gasteiger partial charge in [-0.05, 0) is 239 Å². The Kier molecular flexibility index (Phi) is 30.2. The van der Waals surface area contributed by atoms with Crippen molar-refractivity contribution in [2.75, 3.05) is 45.9 Å². The van der Waals surface area contributed by atoms with Crippen molar-refractivity contribution >= 4 is 23.8 Å². The Balaban J connectivity index is 0.000000339. The number of amides is 2. The van der Waals surface area contributed by atoms with Gasteiger partial charge in [0.25, 0.3) is 11.1 Å². The molecule has 2 aliphatic rings. The number of aryl methyl sites for hydroxylation is 8. The monoisotopic (exact) mass is 1350 g/mol. The molecule has 6 atom stereocenters. The van der Waals surface area contributed by atoms with Gasteiger partial charge in [0.05, 0.1) is 31.5 Å². The van der Waals surface area contributed by atoms with E-state index < -0.39 is 84.1 Å². The van der Waals surface area contributed by atoms with Crippen LogP contribution in [0.3, 0.4) is 0 Å². The van der Waals surface area contributed by atoms with Crippen molar-refractivity contribution in [3.05, 3.63) is 184 Å².